The first-order valence-electron chi connectivity index (χ1n) is 11.8. The van der Waals surface area contributed by atoms with Gasteiger partial charge in [-0.3, -0.25) is 0 Å². The molecule has 3 aromatic rings. The summed E-state index contributed by atoms with van der Waals surface area (Å²) in [4.78, 5) is 8.98. The zero-order chi connectivity index (χ0) is 24.8. The molecule has 4 rings (SSSR count). The van der Waals surface area contributed by atoms with Gasteiger partial charge < -0.3 is 5.32 Å². The van der Waals surface area contributed by atoms with Gasteiger partial charge in [0.05, 0.1) is 11.9 Å². The number of hydrogen-bond donors (Lipinski definition) is 1. The molecule has 0 unspecified atom stereocenters. The molecular weight excluding hydrogens is 470 g/mol. The SMILES string of the molecule is CS(=O)(=O)N(Cc1cc(-c2ccnc(CCCc3cccc(F)c3)n2)ccc1F)C1CCNCC1. The minimum absolute atomic E-state index is 0.0191. The topological polar surface area (TPSA) is 75.2 Å². The fourth-order valence-electron chi connectivity index (χ4n) is 4.46. The summed E-state index contributed by atoms with van der Waals surface area (Å²) in [5, 5.41) is 3.23. The second kappa shape index (κ2) is 11.3. The van der Waals surface area contributed by atoms with Gasteiger partial charge in [-0.25, -0.2) is 27.2 Å². The van der Waals surface area contributed by atoms with Gasteiger partial charge in [0.15, 0.2) is 0 Å². The molecule has 0 spiro atoms. The van der Waals surface area contributed by atoms with Gasteiger partial charge in [-0.05, 0) is 80.7 Å². The van der Waals surface area contributed by atoms with Gasteiger partial charge in [-0.1, -0.05) is 12.1 Å². The van der Waals surface area contributed by atoms with Gasteiger partial charge in [0.25, 0.3) is 0 Å². The molecule has 0 radical (unpaired) electrons. The van der Waals surface area contributed by atoms with E-state index in [-0.39, 0.29) is 18.4 Å². The molecule has 186 valence electrons. The van der Waals surface area contributed by atoms with E-state index in [2.05, 4.69) is 15.3 Å². The Morgan fingerprint density at radius 1 is 1.06 bits per heavy atom. The average Bonchev–Trinajstić information content (AvgIpc) is 2.83. The van der Waals surface area contributed by atoms with Crippen molar-refractivity contribution in [3.63, 3.8) is 0 Å². The predicted molar refractivity (Wildman–Crippen MR) is 132 cm³/mol. The van der Waals surface area contributed by atoms with Crippen LogP contribution in [-0.2, 0) is 29.4 Å². The van der Waals surface area contributed by atoms with Crippen LogP contribution in [0.4, 0.5) is 8.78 Å². The van der Waals surface area contributed by atoms with Gasteiger partial charge in [0, 0.05) is 36.3 Å². The molecule has 0 bridgehead atoms. The monoisotopic (exact) mass is 500 g/mol. The van der Waals surface area contributed by atoms with E-state index in [4.69, 9.17) is 0 Å². The lowest BCUT2D eigenvalue weighted by Crippen LogP contribution is -2.45. The van der Waals surface area contributed by atoms with Crippen LogP contribution in [0.1, 0.15) is 36.2 Å². The Labute approximate surface area is 205 Å². The quantitative estimate of drug-likeness (QED) is 0.479. The highest BCUT2D eigenvalue weighted by Crippen LogP contribution is 2.25. The Morgan fingerprint density at radius 2 is 1.86 bits per heavy atom. The number of aromatic nitrogens is 2. The minimum Gasteiger partial charge on any atom is -0.317 e. The Kier molecular flexibility index (Phi) is 8.20. The maximum absolute atomic E-state index is 14.7. The van der Waals surface area contributed by atoms with Gasteiger partial charge >= 0.3 is 0 Å². The number of nitrogens with zero attached hydrogens (tertiary/aromatic N) is 3. The van der Waals surface area contributed by atoms with Gasteiger partial charge in [0.1, 0.15) is 17.5 Å². The first-order chi connectivity index (χ1) is 16.8. The summed E-state index contributed by atoms with van der Waals surface area (Å²) in [7, 11) is -3.51. The molecule has 0 aliphatic carbocycles. The summed E-state index contributed by atoms with van der Waals surface area (Å²) in [6, 6.07) is 12.8. The van der Waals surface area contributed by atoms with Crippen LogP contribution in [0, 0.1) is 11.6 Å². The van der Waals surface area contributed by atoms with Gasteiger partial charge in [-0.15, -0.1) is 0 Å². The Morgan fingerprint density at radius 3 is 2.60 bits per heavy atom. The van der Waals surface area contributed by atoms with E-state index in [0.717, 1.165) is 25.1 Å². The zero-order valence-corrected chi connectivity index (χ0v) is 20.6. The van der Waals surface area contributed by atoms with Crippen LogP contribution in [0.5, 0.6) is 0 Å². The molecule has 0 atom stereocenters. The highest BCUT2D eigenvalue weighted by atomic mass is 32.2. The molecule has 0 amide bonds. The van der Waals surface area contributed by atoms with Crippen LogP contribution in [0.15, 0.2) is 54.7 Å². The molecule has 2 heterocycles. The van der Waals surface area contributed by atoms with Crippen LogP contribution in [0.2, 0.25) is 0 Å². The first-order valence-corrected chi connectivity index (χ1v) is 13.7. The van der Waals surface area contributed by atoms with Crippen LogP contribution in [0.25, 0.3) is 11.3 Å². The number of piperidine rings is 1. The summed E-state index contributed by atoms with van der Waals surface area (Å²) in [6.45, 7) is 1.46. The van der Waals surface area contributed by atoms with E-state index in [1.165, 1.54) is 28.8 Å². The lowest BCUT2D eigenvalue weighted by molar-refractivity contribution is 0.256. The normalized spacial score (nSPS) is 15.0. The summed E-state index contributed by atoms with van der Waals surface area (Å²) in [5.41, 5.74) is 2.59. The van der Waals surface area contributed by atoms with Crippen molar-refractivity contribution >= 4 is 10.0 Å². The van der Waals surface area contributed by atoms with Crippen molar-refractivity contribution in [2.24, 2.45) is 0 Å². The maximum atomic E-state index is 14.7. The first kappa shape index (κ1) is 25.3. The number of nitrogens with one attached hydrogen (secondary N) is 1. The standard InChI is InChI=1S/C26H30F2N4O2S/c1-35(33,34)32(23-10-13-29-14-11-23)18-21-17-20(8-9-24(21)28)25-12-15-30-26(31-25)7-3-5-19-4-2-6-22(27)16-19/h2,4,6,8-9,12,15-17,23,29H,3,5,7,10-11,13-14,18H2,1H3. The molecule has 1 aliphatic heterocycles. The van der Waals surface area contributed by atoms with E-state index in [1.807, 2.05) is 6.07 Å². The summed E-state index contributed by atoms with van der Waals surface area (Å²) in [5.74, 6) is -0.0413. The number of benzene rings is 2. The second-order valence-electron chi connectivity index (χ2n) is 8.94. The van der Waals surface area contributed by atoms with Gasteiger partial charge in [-0.2, -0.15) is 4.31 Å². The molecule has 35 heavy (non-hydrogen) atoms. The third-order valence-corrected chi connectivity index (χ3v) is 7.55. The van der Waals surface area contributed by atoms with E-state index in [9.17, 15) is 17.2 Å². The fraction of sp³-hybridized carbons (Fsp3) is 0.385. The third kappa shape index (κ3) is 6.90. The number of sulfonamides is 1. The predicted octanol–water partition coefficient (Wildman–Crippen LogP) is 4.11. The Bertz CT molecular complexity index is 1260. The van der Waals surface area contributed by atoms with Crippen molar-refractivity contribution < 1.29 is 17.2 Å². The smallest absolute Gasteiger partial charge is 0.211 e. The van der Waals surface area contributed by atoms with Crippen molar-refractivity contribution in [1.82, 2.24) is 19.6 Å². The number of rotatable bonds is 9. The Hall–Kier alpha value is -2.75. The van der Waals surface area contributed by atoms with Crippen molar-refractivity contribution in [3.8, 4) is 11.3 Å². The molecule has 2 aromatic carbocycles. The maximum Gasteiger partial charge on any atom is 0.211 e. The minimum atomic E-state index is -3.51. The van der Waals surface area contributed by atoms with Crippen molar-refractivity contribution in [2.45, 2.75) is 44.7 Å². The van der Waals surface area contributed by atoms with Crippen LogP contribution in [-0.4, -0.2) is 48.1 Å². The number of halogens is 2. The highest BCUT2D eigenvalue weighted by molar-refractivity contribution is 7.88. The molecule has 1 fully saturated rings. The van der Waals surface area contributed by atoms with E-state index < -0.39 is 15.8 Å². The largest absolute Gasteiger partial charge is 0.317 e. The van der Waals surface area contributed by atoms with Crippen molar-refractivity contribution in [2.75, 3.05) is 19.3 Å². The molecule has 1 aliphatic rings. The summed E-state index contributed by atoms with van der Waals surface area (Å²) in [6.07, 6.45) is 6.33. The molecule has 1 N–H and O–H groups in total. The third-order valence-electron chi connectivity index (χ3n) is 6.27. The Balaban J connectivity index is 1.49. The number of aryl methyl sites for hydroxylation is 2. The fourth-order valence-corrected chi connectivity index (χ4v) is 5.58. The average molecular weight is 501 g/mol. The second-order valence-corrected chi connectivity index (χ2v) is 10.9. The van der Waals surface area contributed by atoms with Gasteiger partial charge in [0.2, 0.25) is 10.0 Å². The van der Waals surface area contributed by atoms with E-state index in [0.29, 0.717) is 48.3 Å². The zero-order valence-electron chi connectivity index (χ0n) is 19.8. The molecule has 1 saturated heterocycles. The van der Waals surface area contributed by atoms with Crippen LogP contribution in [0.3, 0.4) is 0 Å². The van der Waals surface area contributed by atoms with E-state index >= 15 is 0 Å². The lowest BCUT2D eigenvalue weighted by Gasteiger charge is -2.33. The van der Waals surface area contributed by atoms with Crippen LogP contribution >= 0.6 is 0 Å². The summed E-state index contributed by atoms with van der Waals surface area (Å²) < 4.78 is 54.6. The highest BCUT2D eigenvalue weighted by Gasteiger charge is 2.29. The number of hydrogen-bond acceptors (Lipinski definition) is 5. The van der Waals surface area contributed by atoms with Crippen molar-refractivity contribution in [3.05, 3.63) is 83.3 Å². The summed E-state index contributed by atoms with van der Waals surface area (Å²) >= 11 is 0. The van der Waals surface area contributed by atoms with Crippen molar-refractivity contribution in [1.29, 1.82) is 0 Å². The molecule has 6 nitrogen and oxygen atoms in total. The lowest BCUT2D eigenvalue weighted by atomic mass is 10.0. The van der Waals surface area contributed by atoms with E-state index in [1.54, 1.807) is 30.5 Å². The van der Waals surface area contributed by atoms with Crippen LogP contribution < -0.4 is 5.32 Å². The molecule has 0 saturated carbocycles. The molecule has 9 heteroatoms. The molecule has 1 aromatic heterocycles. The molecular formula is C26H30F2N4O2S.